The second kappa shape index (κ2) is 4.44. The molecule has 0 aromatic carbocycles. The lowest BCUT2D eigenvalue weighted by Crippen LogP contribution is -3.70. The second-order valence-corrected chi connectivity index (χ2v) is 3.05. The topological polar surface area (TPSA) is 83.1 Å². The van der Waals surface area contributed by atoms with Gasteiger partial charge in [0.2, 0.25) is 0 Å². The highest BCUT2D eigenvalue weighted by atomic mass is 127. The van der Waals surface area contributed by atoms with Crippen molar-refractivity contribution in [3.8, 4) is 0 Å². The second-order valence-electron chi connectivity index (χ2n) is 1.16. The largest absolute Gasteiger partial charge is 0.565 e. The Labute approximate surface area is 80.7 Å². The molecule has 0 aromatic heterocycles. The fourth-order valence-corrected chi connectivity index (χ4v) is 1.31. The number of rotatable bonds is 2. The quantitative estimate of drug-likeness (QED) is 0.308. The molecule has 0 aliphatic carbocycles. The van der Waals surface area contributed by atoms with Crippen molar-refractivity contribution in [2.45, 2.75) is 0 Å². The van der Waals surface area contributed by atoms with Crippen molar-refractivity contribution in [2.75, 3.05) is 0 Å². The van der Waals surface area contributed by atoms with Gasteiger partial charge in [0.15, 0.2) is 0 Å². The third kappa shape index (κ3) is 2.73. The van der Waals surface area contributed by atoms with E-state index in [1.54, 1.807) is 0 Å². The van der Waals surface area contributed by atoms with E-state index in [1.165, 1.54) is 0 Å². The molecule has 0 radical (unpaired) electrons. The number of nitrogens with zero attached hydrogens (tertiary/aromatic N) is 1. The summed E-state index contributed by atoms with van der Waals surface area (Å²) in [5.41, 5.74) is 2.06. The van der Waals surface area contributed by atoms with Crippen LogP contribution in [0.3, 0.4) is 0 Å². The van der Waals surface area contributed by atoms with E-state index in [2.05, 4.69) is 29.4 Å². The zero-order chi connectivity index (χ0) is 8.27. The van der Waals surface area contributed by atoms with E-state index in [0.29, 0.717) is 5.23 Å². The lowest BCUT2D eigenvalue weighted by atomic mass is 11.2. The Balaban J connectivity index is 2.16. The Morgan fingerprint density at radius 3 is 2.91 bits per heavy atom. The third-order valence-corrected chi connectivity index (χ3v) is 1.73. The van der Waals surface area contributed by atoms with Crippen LogP contribution in [0.4, 0.5) is 0 Å². The number of hydroxylamine groups is 3. The molecule has 1 saturated heterocycles. The molecule has 11 heavy (non-hydrogen) atoms. The summed E-state index contributed by atoms with van der Waals surface area (Å²) >= 11 is 1.15. The Morgan fingerprint density at radius 1 is 1.82 bits per heavy atom. The molecule has 1 fully saturated rings. The van der Waals surface area contributed by atoms with E-state index < -0.39 is 33.4 Å². The molecule has 0 saturated carbocycles. The number of hydrogen-bond donors (Lipinski definition) is 1. The lowest BCUT2D eigenvalue weighted by Gasteiger charge is -2.24. The minimum atomic E-state index is -1.77. The van der Waals surface area contributed by atoms with Gasteiger partial charge >= 0.3 is 33.4 Å². The first-order valence-corrected chi connectivity index (χ1v) is 5.23. The summed E-state index contributed by atoms with van der Waals surface area (Å²) in [5, 5.41) is 0.574. The van der Waals surface area contributed by atoms with Crippen molar-refractivity contribution in [1.82, 2.24) is 10.7 Å². The van der Waals surface area contributed by atoms with Crippen LogP contribution in [0.2, 0.25) is 0 Å². The molecule has 1 N–H and O–H groups in total. The van der Waals surface area contributed by atoms with Gasteiger partial charge in [0.1, 0.15) is 0 Å². The van der Waals surface area contributed by atoms with Crippen molar-refractivity contribution in [3.05, 3.63) is 0 Å². The molecular weight excluding hydrogens is 311 g/mol. The Morgan fingerprint density at radius 2 is 2.45 bits per heavy atom. The van der Waals surface area contributed by atoms with Gasteiger partial charge in [-0.25, -0.2) is 0 Å². The molecule has 10 heteroatoms. The van der Waals surface area contributed by atoms with Gasteiger partial charge in [-0.1, -0.05) is 5.23 Å². The van der Waals surface area contributed by atoms with E-state index in [0.717, 1.165) is 0 Å². The number of thiocarbonyl (C=S) groups is 1. The maximum absolute atomic E-state index is 10.1. The summed E-state index contributed by atoms with van der Waals surface area (Å²) < 4.78 is 32.8. The van der Waals surface area contributed by atoms with Crippen LogP contribution in [0.25, 0.3) is 0 Å². The van der Waals surface area contributed by atoms with Gasteiger partial charge in [-0.2, -0.15) is 9.69 Å². The molecule has 1 aliphatic rings. The van der Waals surface area contributed by atoms with Crippen LogP contribution in [0, 0.1) is 0 Å². The zero-order valence-corrected chi connectivity index (χ0v) is 8.47. The van der Waals surface area contributed by atoms with Gasteiger partial charge in [0, 0.05) is 0 Å². The Bertz CT molecular complexity index is 179. The van der Waals surface area contributed by atoms with E-state index in [4.69, 9.17) is 0 Å². The van der Waals surface area contributed by atoms with Crippen molar-refractivity contribution in [3.63, 3.8) is 0 Å². The van der Waals surface area contributed by atoms with Crippen LogP contribution < -0.4 is 31.0 Å². The predicted molar refractivity (Wildman–Crippen MR) is 29.0 cm³/mol. The van der Waals surface area contributed by atoms with Crippen LogP contribution in [-0.4, -0.2) is 14.5 Å². The molecule has 0 aromatic rings. The highest BCUT2D eigenvalue weighted by Gasteiger charge is 2.30. The molecule has 0 unspecified atom stereocenters. The zero-order valence-electron chi connectivity index (χ0n) is 4.68. The van der Waals surface area contributed by atoms with Gasteiger partial charge < -0.3 is 3.44 Å². The van der Waals surface area contributed by atoms with E-state index in [-0.39, 0.29) is 5.11 Å². The average molecular weight is 312 g/mol. The average Bonchev–Trinajstić information content (AvgIpc) is 1.94. The summed E-state index contributed by atoms with van der Waals surface area (Å²) in [7, 11) is 0. The summed E-state index contributed by atoms with van der Waals surface area (Å²) in [5.74, 6) is 0. The minimum Gasteiger partial charge on any atom is -0.565 e. The SMILES string of the molecule is O=S1ON(C(=S)NO[I+][O-])O1. The predicted octanol–water partition coefficient (Wildman–Crippen LogP) is -5.17. The number of nitrogens with one attached hydrogen (secondary N) is 1. The molecule has 0 bridgehead atoms. The van der Waals surface area contributed by atoms with Crippen LogP contribution in [0.5, 0.6) is 0 Å². The Kier molecular flexibility index (Phi) is 3.83. The molecule has 1 rings (SSSR count). The van der Waals surface area contributed by atoms with Crippen molar-refractivity contribution in [1.29, 1.82) is 0 Å². The summed E-state index contributed by atoms with van der Waals surface area (Å²) in [6.45, 7) is 0. The first kappa shape index (κ1) is 9.50. The van der Waals surface area contributed by atoms with E-state index in [9.17, 15) is 7.64 Å². The number of halogens is 1. The van der Waals surface area contributed by atoms with Crippen molar-refractivity contribution >= 4 is 28.7 Å². The highest BCUT2D eigenvalue weighted by Crippen LogP contribution is 2.10. The molecule has 0 spiro atoms. The maximum Gasteiger partial charge on any atom is 0.479 e. The van der Waals surface area contributed by atoms with Crippen LogP contribution in [-0.2, 0) is 23.1 Å². The monoisotopic (exact) mass is 312 g/mol. The van der Waals surface area contributed by atoms with E-state index >= 15 is 0 Å². The fourth-order valence-electron chi connectivity index (χ4n) is 0.270. The highest BCUT2D eigenvalue weighted by molar-refractivity contribution is 7.80. The third-order valence-electron chi connectivity index (χ3n) is 0.580. The first-order chi connectivity index (χ1) is 5.24. The molecule has 0 atom stereocenters. The normalized spacial score (nSPS) is 17.7. The van der Waals surface area contributed by atoms with Crippen molar-refractivity contribution < 1.29 is 41.4 Å². The molecule has 1 heterocycles. The van der Waals surface area contributed by atoms with Gasteiger partial charge in [-0.15, -0.1) is 8.57 Å². The molecule has 7 nitrogen and oxygen atoms in total. The fraction of sp³-hybridized carbons (Fsp3) is 0. The van der Waals surface area contributed by atoms with Crippen LogP contribution >= 0.6 is 12.2 Å². The lowest BCUT2D eigenvalue weighted by molar-refractivity contribution is -1.27. The first-order valence-electron chi connectivity index (χ1n) is 2.06. The van der Waals surface area contributed by atoms with Crippen LogP contribution in [0.15, 0.2) is 0 Å². The van der Waals surface area contributed by atoms with E-state index in [1.807, 2.05) is 0 Å². The molecule has 0 amide bonds. The summed E-state index contributed by atoms with van der Waals surface area (Å²) in [6, 6.07) is 0. The summed E-state index contributed by atoms with van der Waals surface area (Å²) in [6.07, 6.45) is 0. The van der Waals surface area contributed by atoms with Gasteiger partial charge in [-0.3, -0.25) is 0 Å². The number of hydrogen-bond acceptors (Lipinski definition) is 6. The molecule has 1 aliphatic heterocycles. The molecule has 64 valence electrons. The maximum atomic E-state index is 10.1. The van der Waals surface area contributed by atoms with Gasteiger partial charge in [-0.05, 0) is 15.4 Å². The minimum absolute atomic E-state index is 0.0971. The van der Waals surface area contributed by atoms with Gasteiger partial charge in [0.05, 0.1) is 0 Å². The Hall–Kier alpha value is 0.410. The van der Waals surface area contributed by atoms with Crippen LogP contribution in [0.1, 0.15) is 0 Å². The summed E-state index contributed by atoms with van der Waals surface area (Å²) in [4.78, 5) is 0. The molecular formula is CHIN2O5S2. The van der Waals surface area contributed by atoms with Gasteiger partial charge in [0.25, 0.3) is 5.11 Å². The van der Waals surface area contributed by atoms with Crippen molar-refractivity contribution in [2.24, 2.45) is 0 Å². The standard InChI is InChI=1S/CHIN2O5S2/c5-2-7-3-1(10)4-8-11(6)9-4/h(H,3,10). The smallest absolute Gasteiger partial charge is 0.479 e.